The van der Waals surface area contributed by atoms with E-state index in [0.717, 1.165) is 5.56 Å². The number of rotatable bonds is 7. The Morgan fingerprint density at radius 2 is 1.64 bits per heavy atom. The molecule has 1 amide bonds. The number of nitrogens with zero attached hydrogens (tertiary/aromatic N) is 3. The monoisotopic (exact) mass is 440 g/mol. The lowest BCUT2D eigenvalue weighted by molar-refractivity contribution is 0.0696. The van der Waals surface area contributed by atoms with Gasteiger partial charge in [-0.2, -0.15) is 10.2 Å². The molecule has 8 nitrogen and oxygen atoms in total. The summed E-state index contributed by atoms with van der Waals surface area (Å²) < 4.78 is 6.74. The van der Waals surface area contributed by atoms with Crippen molar-refractivity contribution in [3.8, 4) is 22.7 Å². The van der Waals surface area contributed by atoms with Gasteiger partial charge in [-0.05, 0) is 48.5 Å². The number of hydrogen-bond donors (Lipinski definition) is 2. The highest BCUT2D eigenvalue weighted by Gasteiger charge is 2.12. The summed E-state index contributed by atoms with van der Waals surface area (Å²) in [4.78, 5) is 23.5. The van der Waals surface area contributed by atoms with Crippen LogP contribution in [-0.4, -0.2) is 40.1 Å². The zero-order valence-electron chi connectivity index (χ0n) is 17.7. The van der Waals surface area contributed by atoms with E-state index >= 15 is 0 Å². The molecule has 0 saturated heterocycles. The van der Waals surface area contributed by atoms with Crippen molar-refractivity contribution in [2.24, 2.45) is 5.10 Å². The van der Waals surface area contributed by atoms with Crippen LogP contribution in [-0.2, 0) is 0 Å². The number of benzene rings is 3. The molecule has 1 heterocycles. The number of carbonyl (C=O) groups excluding carboxylic acids is 1. The lowest BCUT2D eigenvalue weighted by Gasteiger charge is -2.02. The molecule has 0 atom stereocenters. The van der Waals surface area contributed by atoms with Crippen molar-refractivity contribution in [1.29, 1.82) is 0 Å². The molecule has 0 fully saturated rings. The van der Waals surface area contributed by atoms with Crippen LogP contribution < -0.4 is 10.2 Å². The molecule has 3 aromatic carbocycles. The molecule has 0 bridgehead atoms. The van der Waals surface area contributed by atoms with Crippen LogP contribution in [0.4, 0.5) is 0 Å². The molecule has 0 radical (unpaired) electrons. The van der Waals surface area contributed by atoms with Gasteiger partial charge >= 0.3 is 5.97 Å². The number of carboxylic acids is 1. The molecule has 0 unspecified atom stereocenters. The number of carbonyl (C=O) groups is 2. The van der Waals surface area contributed by atoms with E-state index in [1.807, 2.05) is 30.3 Å². The molecule has 2 N–H and O–H groups in total. The molecule has 33 heavy (non-hydrogen) atoms. The average molecular weight is 440 g/mol. The third kappa shape index (κ3) is 4.96. The van der Waals surface area contributed by atoms with Gasteiger partial charge in [0, 0.05) is 22.9 Å². The Labute approximate surface area is 189 Å². The molecule has 0 aliphatic rings. The Bertz CT molecular complexity index is 1290. The fourth-order valence-corrected chi connectivity index (χ4v) is 3.16. The van der Waals surface area contributed by atoms with Crippen LogP contribution in [0, 0.1) is 0 Å². The van der Waals surface area contributed by atoms with Crippen molar-refractivity contribution in [1.82, 2.24) is 15.2 Å². The number of carboxylic acid groups (broad SMARTS) is 1. The normalized spacial score (nSPS) is 10.8. The van der Waals surface area contributed by atoms with Gasteiger partial charge in [0.25, 0.3) is 5.91 Å². The highest BCUT2D eigenvalue weighted by molar-refractivity contribution is 5.95. The van der Waals surface area contributed by atoms with E-state index in [9.17, 15) is 9.59 Å². The van der Waals surface area contributed by atoms with Gasteiger partial charge in [0.2, 0.25) is 0 Å². The maximum atomic E-state index is 12.4. The van der Waals surface area contributed by atoms with Gasteiger partial charge in [-0.25, -0.2) is 14.9 Å². The molecule has 8 heteroatoms. The molecule has 0 aliphatic carbocycles. The van der Waals surface area contributed by atoms with Crippen molar-refractivity contribution in [3.63, 3.8) is 0 Å². The van der Waals surface area contributed by atoms with Gasteiger partial charge in [0.15, 0.2) is 0 Å². The first kappa shape index (κ1) is 21.5. The standard InChI is InChI=1S/C25H20N4O4/c1-33-22-13-9-18(10-14-22)24(30)27-26-15-20-16-29(21-11-7-19(8-12-21)25(31)32)28-23(20)17-5-3-2-4-6-17/h2-16H,1H3,(H,27,30)(H,31,32)/b26-15+. The molecule has 0 saturated carbocycles. The summed E-state index contributed by atoms with van der Waals surface area (Å²) in [6.07, 6.45) is 3.29. The van der Waals surface area contributed by atoms with E-state index in [2.05, 4.69) is 15.6 Å². The highest BCUT2D eigenvalue weighted by Crippen LogP contribution is 2.22. The minimum absolute atomic E-state index is 0.192. The van der Waals surface area contributed by atoms with Crippen LogP contribution in [0.3, 0.4) is 0 Å². The van der Waals surface area contributed by atoms with E-state index < -0.39 is 5.97 Å². The number of ether oxygens (including phenoxy) is 1. The first-order chi connectivity index (χ1) is 16.0. The summed E-state index contributed by atoms with van der Waals surface area (Å²) in [7, 11) is 1.56. The third-order valence-corrected chi connectivity index (χ3v) is 4.89. The van der Waals surface area contributed by atoms with E-state index in [4.69, 9.17) is 9.84 Å². The first-order valence-electron chi connectivity index (χ1n) is 10.0. The van der Waals surface area contributed by atoms with E-state index in [0.29, 0.717) is 28.3 Å². The predicted octanol–water partition coefficient (Wildman–Crippen LogP) is 4.01. The number of hydrogen-bond acceptors (Lipinski definition) is 5. The molecular weight excluding hydrogens is 420 g/mol. The molecule has 4 rings (SSSR count). The van der Waals surface area contributed by atoms with E-state index in [1.165, 1.54) is 18.3 Å². The molecule has 0 spiro atoms. The molecule has 4 aromatic rings. The second-order valence-electron chi connectivity index (χ2n) is 7.02. The maximum Gasteiger partial charge on any atom is 0.335 e. The molecule has 0 aliphatic heterocycles. The van der Waals surface area contributed by atoms with E-state index in [-0.39, 0.29) is 11.5 Å². The third-order valence-electron chi connectivity index (χ3n) is 4.89. The van der Waals surface area contributed by atoms with Crippen LogP contribution in [0.2, 0.25) is 0 Å². The van der Waals surface area contributed by atoms with Crippen LogP contribution in [0.15, 0.2) is 90.2 Å². The number of aromatic nitrogens is 2. The van der Waals surface area contributed by atoms with Crippen molar-refractivity contribution in [3.05, 3.63) is 102 Å². The Balaban J connectivity index is 1.60. The number of amides is 1. The van der Waals surface area contributed by atoms with Gasteiger partial charge < -0.3 is 9.84 Å². The van der Waals surface area contributed by atoms with Gasteiger partial charge in [-0.3, -0.25) is 4.79 Å². The Kier molecular flexibility index (Phi) is 6.26. The zero-order chi connectivity index (χ0) is 23.2. The van der Waals surface area contributed by atoms with Crippen LogP contribution in [0.1, 0.15) is 26.3 Å². The van der Waals surface area contributed by atoms with Crippen LogP contribution >= 0.6 is 0 Å². The van der Waals surface area contributed by atoms with Gasteiger partial charge in [0.05, 0.1) is 24.6 Å². The predicted molar refractivity (Wildman–Crippen MR) is 124 cm³/mol. The summed E-state index contributed by atoms with van der Waals surface area (Å²) in [5.41, 5.74) is 6.08. The lowest BCUT2D eigenvalue weighted by Crippen LogP contribution is -2.17. The van der Waals surface area contributed by atoms with Crippen molar-refractivity contribution in [2.75, 3.05) is 7.11 Å². The number of methoxy groups -OCH3 is 1. The Morgan fingerprint density at radius 1 is 0.970 bits per heavy atom. The van der Waals surface area contributed by atoms with Gasteiger partial charge in [-0.1, -0.05) is 30.3 Å². The van der Waals surface area contributed by atoms with Crippen LogP contribution in [0.5, 0.6) is 5.75 Å². The summed E-state index contributed by atoms with van der Waals surface area (Å²) in [6, 6.07) is 22.7. The average Bonchev–Trinajstić information content (AvgIpc) is 3.29. The topological polar surface area (TPSA) is 106 Å². The minimum atomic E-state index is -0.993. The minimum Gasteiger partial charge on any atom is -0.497 e. The molecule has 1 aromatic heterocycles. The largest absolute Gasteiger partial charge is 0.497 e. The molecular formula is C25H20N4O4. The highest BCUT2D eigenvalue weighted by atomic mass is 16.5. The Hall–Kier alpha value is -4.72. The Morgan fingerprint density at radius 3 is 2.27 bits per heavy atom. The fourth-order valence-electron chi connectivity index (χ4n) is 3.16. The summed E-state index contributed by atoms with van der Waals surface area (Å²) in [6.45, 7) is 0. The van der Waals surface area contributed by atoms with E-state index in [1.54, 1.807) is 54.4 Å². The second kappa shape index (κ2) is 9.61. The number of hydrazone groups is 1. The van der Waals surface area contributed by atoms with Crippen molar-refractivity contribution >= 4 is 18.1 Å². The second-order valence-corrected chi connectivity index (χ2v) is 7.02. The summed E-state index contributed by atoms with van der Waals surface area (Å²) in [5.74, 6) is -0.689. The first-order valence-corrected chi connectivity index (χ1v) is 10.0. The fraction of sp³-hybridized carbons (Fsp3) is 0.0400. The summed E-state index contributed by atoms with van der Waals surface area (Å²) >= 11 is 0. The van der Waals surface area contributed by atoms with Crippen molar-refractivity contribution < 1.29 is 19.4 Å². The van der Waals surface area contributed by atoms with Crippen LogP contribution in [0.25, 0.3) is 16.9 Å². The molecule has 164 valence electrons. The van der Waals surface area contributed by atoms with Gasteiger partial charge in [-0.15, -0.1) is 0 Å². The maximum absolute atomic E-state index is 12.4. The summed E-state index contributed by atoms with van der Waals surface area (Å²) in [5, 5.41) is 17.9. The SMILES string of the molecule is COc1ccc(C(=O)N/N=C/c2cn(-c3ccc(C(=O)O)cc3)nc2-c2ccccc2)cc1. The van der Waals surface area contributed by atoms with Crippen molar-refractivity contribution in [2.45, 2.75) is 0 Å². The number of nitrogens with one attached hydrogen (secondary N) is 1. The number of aromatic carboxylic acids is 1. The smallest absolute Gasteiger partial charge is 0.335 e. The zero-order valence-corrected chi connectivity index (χ0v) is 17.7. The lowest BCUT2D eigenvalue weighted by atomic mass is 10.1. The van der Waals surface area contributed by atoms with Gasteiger partial charge in [0.1, 0.15) is 11.4 Å². The quantitative estimate of drug-likeness (QED) is 0.334.